The van der Waals surface area contributed by atoms with E-state index >= 15 is 0 Å². The molecule has 0 saturated carbocycles. The highest BCUT2D eigenvalue weighted by Crippen LogP contribution is 2.48. The molecule has 7 heteroatoms. The Morgan fingerprint density at radius 3 is 1.62 bits per heavy atom. The molecular weight excluding hydrogens is 473 g/mol. The molecule has 2 aliphatic heterocycles. The largest absolute Gasteiger partial charge is 0.399 e. The summed E-state index contributed by atoms with van der Waals surface area (Å²) in [5.74, 6) is -1.79. The standard InChI is InChI=1S/C30H35F3N4/c1-13-15(3)23(34-19(13)7)11-25-17(5)27(21(9)36-25)29(30(31,32)33)28-18(6)26(37-22(28)10)12-24-16(4)14(2)20(8)35-24/h11-12,29,34,37H,1-10H3/b24-12-,25-11-. The summed E-state index contributed by atoms with van der Waals surface area (Å²) in [4.78, 5) is 15.8. The van der Waals surface area contributed by atoms with Crippen molar-refractivity contribution in [2.75, 3.05) is 0 Å². The van der Waals surface area contributed by atoms with E-state index in [2.05, 4.69) is 20.0 Å². The van der Waals surface area contributed by atoms with Gasteiger partial charge in [0.1, 0.15) is 5.92 Å². The normalized spacial score (nSPS) is 19.6. The fraction of sp³-hybridized carbons (Fsp3) is 0.400. The van der Waals surface area contributed by atoms with E-state index in [-0.39, 0.29) is 11.1 Å². The number of allylic oxidation sites excluding steroid dienone is 4. The number of nitrogens with one attached hydrogen (secondary N) is 2. The second kappa shape index (κ2) is 9.19. The molecule has 0 saturated heterocycles. The molecule has 2 aromatic heterocycles. The van der Waals surface area contributed by atoms with Crippen LogP contribution in [0.1, 0.15) is 85.6 Å². The summed E-state index contributed by atoms with van der Waals surface area (Å²) in [6.45, 7) is 18.8. The van der Waals surface area contributed by atoms with Gasteiger partial charge in [0.15, 0.2) is 0 Å². The van der Waals surface area contributed by atoms with E-state index in [0.29, 0.717) is 33.9 Å². The van der Waals surface area contributed by atoms with Crippen molar-refractivity contribution in [2.45, 2.75) is 81.3 Å². The first-order valence-corrected chi connectivity index (χ1v) is 12.5. The summed E-state index contributed by atoms with van der Waals surface area (Å²) in [7, 11) is 0. The highest BCUT2D eigenvalue weighted by molar-refractivity contribution is 6.05. The van der Waals surface area contributed by atoms with E-state index in [1.54, 1.807) is 27.7 Å². The monoisotopic (exact) mass is 508 g/mol. The van der Waals surface area contributed by atoms with Crippen LogP contribution in [-0.2, 0) is 0 Å². The Labute approximate surface area is 216 Å². The fourth-order valence-electron chi connectivity index (χ4n) is 5.38. The Morgan fingerprint density at radius 2 is 1.14 bits per heavy atom. The number of rotatable bonds is 4. The molecule has 2 aromatic rings. The maximum absolute atomic E-state index is 14.8. The van der Waals surface area contributed by atoms with Gasteiger partial charge in [-0.25, -0.2) is 0 Å². The number of alkyl halides is 3. The molecule has 0 bridgehead atoms. The summed E-state index contributed by atoms with van der Waals surface area (Å²) >= 11 is 0. The van der Waals surface area contributed by atoms with Crippen molar-refractivity contribution in [2.24, 2.45) is 9.98 Å². The quantitative estimate of drug-likeness (QED) is 0.416. The van der Waals surface area contributed by atoms with Gasteiger partial charge in [-0.3, -0.25) is 9.98 Å². The SMILES string of the molecule is CC1=N/C(=C\c2[nH]c(C)c(C(C3=C(C)/C(=C/c4[nH]c(C)c(C)c4C)N=C3C)C(F)(F)F)c2C)C(C)=C1C. The number of hydrogen-bond acceptors (Lipinski definition) is 2. The van der Waals surface area contributed by atoms with Crippen LogP contribution in [0.4, 0.5) is 13.2 Å². The molecule has 0 radical (unpaired) electrons. The average Bonchev–Trinajstić information content (AvgIpc) is 3.41. The molecule has 0 amide bonds. The van der Waals surface area contributed by atoms with Crippen molar-refractivity contribution >= 4 is 23.6 Å². The van der Waals surface area contributed by atoms with Gasteiger partial charge in [0.2, 0.25) is 0 Å². The first-order valence-electron chi connectivity index (χ1n) is 12.5. The fourth-order valence-corrected chi connectivity index (χ4v) is 5.38. The smallest absolute Gasteiger partial charge is 0.359 e. The van der Waals surface area contributed by atoms with Gasteiger partial charge in [-0.05, 0) is 126 Å². The number of halogens is 3. The summed E-state index contributed by atoms with van der Waals surface area (Å²) in [6.07, 6.45) is -0.774. The first kappa shape index (κ1) is 26.7. The van der Waals surface area contributed by atoms with Crippen LogP contribution < -0.4 is 0 Å². The minimum absolute atomic E-state index is 0.224. The lowest BCUT2D eigenvalue weighted by Crippen LogP contribution is -2.26. The number of nitrogens with zero attached hydrogens (tertiary/aromatic N) is 2. The molecule has 37 heavy (non-hydrogen) atoms. The van der Waals surface area contributed by atoms with E-state index < -0.39 is 12.1 Å². The van der Waals surface area contributed by atoms with Crippen molar-refractivity contribution in [3.63, 3.8) is 0 Å². The number of hydrogen-bond donors (Lipinski definition) is 2. The molecule has 4 nitrogen and oxygen atoms in total. The van der Waals surface area contributed by atoms with Crippen molar-refractivity contribution in [1.29, 1.82) is 0 Å². The third kappa shape index (κ3) is 4.49. The minimum Gasteiger partial charge on any atom is -0.359 e. The molecule has 0 fully saturated rings. The molecule has 2 N–H and O–H groups in total. The number of H-pyrrole nitrogens is 2. The lowest BCUT2D eigenvalue weighted by atomic mass is 9.83. The zero-order valence-electron chi connectivity index (χ0n) is 23.3. The predicted molar refractivity (Wildman–Crippen MR) is 147 cm³/mol. The maximum atomic E-state index is 14.8. The Kier molecular flexibility index (Phi) is 6.63. The zero-order valence-corrected chi connectivity index (χ0v) is 23.3. The van der Waals surface area contributed by atoms with Crippen molar-refractivity contribution in [1.82, 2.24) is 9.97 Å². The van der Waals surface area contributed by atoms with Crippen LogP contribution in [0.25, 0.3) is 12.2 Å². The van der Waals surface area contributed by atoms with E-state index in [9.17, 15) is 13.2 Å². The van der Waals surface area contributed by atoms with E-state index in [4.69, 9.17) is 0 Å². The molecule has 2 aliphatic rings. The lowest BCUT2D eigenvalue weighted by Gasteiger charge is -2.24. The van der Waals surface area contributed by atoms with Crippen LogP contribution in [0.15, 0.2) is 43.7 Å². The summed E-state index contributed by atoms with van der Waals surface area (Å²) in [5, 5.41) is 0. The Morgan fingerprint density at radius 1 is 0.622 bits per heavy atom. The van der Waals surface area contributed by atoms with E-state index in [0.717, 1.165) is 45.1 Å². The molecule has 4 rings (SSSR count). The number of aliphatic imine (C=N–C) groups is 2. The lowest BCUT2D eigenvalue weighted by molar-refractivity contribution is -0.141. The van der Waals surface area contributed by atoms with Crippen LogP contribution in [0.2, 0.25) is 0 Å². The number of aromatic amines is 2. The molecule has 0 aromatic carbocycles. The molecule has 4 heterocycles. The third-order valence-electron chi connectivity index (χ3n) is 8.10. The number of aromatic nitrogens is 2. The van der Waals surface area contributed by atoms with Gasteiger partial charge in [0.25, 0.3) is 0 Å². The van der Waals surface area contributed by atoms with Gasteiger partial charge in [0.05, 0.1) is 11.4 Å². The number of aryl methyl sites for hydroxylation is 2. The Bertz CT molecular complexity index is 1490. The van der Waals surface area contributed by atoms with Crippen LogP contribution in [0, 0.1) is 34.6 Å². The predicted octanol–water partition coefficient (Wildman–Crippen LogP) is 8.51. The van der Waals surface area contributed by atoms with Crippen molar-refractivity contribution in [3.8, 4) is 0 Å². The van der Waals surface area contributed by atoms with Gasteiger partial charge in [-0.15, -0.1) is 0 Å². The highest BCUT2D eigenvalue weighted by Gasteiger charge is 2.48. The second-order valence-corrected chi connectivity index (χ2v) is 10.3. The van der Waals surface area contributed by atoms with E-state index in [1.165, 1.54) is 0 Å². The zero-order chi connectivity index (χ0) is 27.6. The molecule has 1 unspecified atom stereocenters. The average molecular weight is 509 g/mol. The molecule has 1 atom stereocenters. The van der Waals surface area contributed by atoms with Gasteiger partial charge in [0, 0.05) is 34.2 Å². The minimum atomic E-state index is -4.49. The molecule has 0 spiro atoms. The third-order valence-corrected chi connectivity index (χ3v) is 8.10. The Hall–Kier alpha value is -3.35. The highest BCUT2D eigenvalue weighted by atomic mass is 19.4. The van der Waals surface area contributed by atoms with Crippen LogP contribution >= 0.6 is 0 Å². The summed E-state index contributed by atoms with van der Waals surface area (Å²) in [5.41, 5.74) is 11.7. The van der Waals surface area contributed by atoms with Crippen LogP contribution in [0.3, 0.4) is 0 Å². The Balaban J connectivity index is 1.86. The van der Waals surface area contributed by atoms with Gasteiger partial charge < -0.3 is 9.97 Å². The van der Waals surface area contributed by atoms with Crippen molar-refractivity contribution in [3.05, 3.63) is 78.7 Å². The van der Waals surface area contributed by atoms with E-state index in [1.807, 2.05) is 53.7 Å². The maximum Gasteiger partial charge on any atom is 0.399 e. The summed E-state index contributed by atoms with van der Waals surface area (Å²) in [6, 6.07) is 0. The summed E-state index contributed by atoms with van der Waals surface area (Å²) < 4.78 is 44.5. The van der Waals surface area contributed by atoms with Crippen LogP contribution in [0.5, 0.6) is 0 Å². The van der Waals surface area contributed by atoms with Gasteiger partial charge in [-0.1, -0.05) is 0 Å². The molecule has 196 valence electrons. The first-order chi connectivity index (χ1) is 17.1. The van der Waals surface area contributed by atoms with Gasteiger partial charge in [-0.2, -0.15) is 13.2 Å². The van der Waals surface area contributed by atoms with Gasteiger partial charge >= 0.3 is 6.18 Å². The van der Waals surface area contributed by atoms with Crippen LogP contribution in [-0.4, -0.2) is 27.6 Å². The molecule has 0 aliphatic carbocycles. The second-order valence-electron chi connectivity index (χ2n) is 10.3. The van der Waals surface area contributed by atoms with Crippen molar-refractivity contribution < 1.29 is 13.2 Å². The molecular formula is C30H35F3N4. The topological polar surface area (TPSA) is 56.3 Å².